The Kier molecular flexibility index (Phi) is 4.09. The summed E-state index contributed by atoms with van der Waals surface area (Å²) >= 11 is 0. The van der Waals surface area contributed by atoms with Crippen LogP contribution in [0.3, 0.4) is 0 Å². The second-order valence-corrected chi connectivity index (χ2v) is 7.28. The average Bonchev–Trinajstić information content (AvgIpc) is 3.22. The standard InChI is InChI=1S/C21H22O3/c22-20(18-8-7-15-3-1-2-4-16(15)11-18)13-24-21(23)12-19-10-14-5-6-17(19)9-14/h1-4,7-8,11,14,17,19H,5-6,9-10,12-13H2. The van der Waals surface area contributed by atoms with Gasteiger partial charge >= 0.3 is 5.97 Å². The van der Waals surface area contributed by atoms with Crippen LogP contribution in [0.2, 0.25) is 0 Å². The molecule has 124 valence electrons. The van der Waals surface area contributed by atoms with Gasteiger partial charge in [-0.25, -0.2) is 0 Å². The van der Waals surface area contributed by atoms with Crippen molar-refractivity contribution >= 4 is 22.5 Å². The summed E-state index contributed by atoms with van der Waals surface area (Å²) in [4.78, 5) is 24.3. The smallest absolute Gasteiger partial charge is 0.306 e. The number of benzene rings is 2. The summed E-state index contributed by atoms with van der Waals surface area (Å²) in [5.74, 6) is 1.65. The number of carbonyl (C=O) groups is 2. The lowest BCUT2D eigenvalue weighted by atomic mass is 9.86. The average molecular weight is 322 g/mol. The number of esters is 1. The topological polar surface area (TPSA) is 43.4 Å². The molecule has 2 saturated carbocycles. The summed E-state index contributed by atoms with van der Waals surface area (Å²) < 4.78 is 5.25. The quantitative estimate of drug-likeness (QED) is 0.605. The van der Waals surface area contributed by atoms with Crippen molar-refractivity contribution in [2.75, 3.05) is 6.61 Å². The van der Waals surface area contributed by atoms with Gasteiger partial charge in [-0.3, -0.25) is 9.59 Å². The molecule has 0 aliphatic heterocycles. The maximum Gasteiger partial charge on any atom is 0.306 e. The van der Waals surface area contributed by atoms with Crippen LogP contribution in [0.15, 0.2) is 42.5 Å². The highest BCUT2D eigenvalue weighted by molar-refractivity contribution is 6.01. The van der Waals surface area contributed by atoms with Crippen molar-refractivity contribution in [2.45, 2.75) is 32.1 Å². The Hall–Kier alpha value is -2.16. The molecule has 3 nitrogen and oxygen atoms in total. The molecule has 0 N–H and O–H groups in total. The molecule has 0 saturated heterocycles. The molecule has 0 radical (unpaired) electrons. The van der Waals surface area contributed by atoms with Crippen LogP contribution in [0.4, 0.5) is 0 Å². The van der Waals surface area contributed by atoms with Crippen LogP contribution in [-0.4, -0.2) is 18.4 Å². The largest absolute Gasteiger partial charge is 0.457 e. The molecular formula is C21H22O3. The number of ether oxygens (including phenoxy) is 1. The fourth-order valence-corrected chi connectivity index (χ4v) is 4.49. The first-order chi connectivity index (χ1) is 11.7. The minimum atomic E-state index is -0.221. The highest BCUT2D eigenvalue weighted by Gasteiger charge is 2.40. The predicted molar refractivity (Wildman–Crippen MR) is 92.8 cm³/mol. The minimum Gasteiger partial charge on any atom is -0.457 e. The molecule has 4 rings (SSSR count). The predicted octanol–water partition coefficient (Wildman–Crippen LogP) is 4.39. The molecule has 2 aromatic rings. The summed E-state index contributed by atoms with van der Waals surface area (Å²) in [5.41, 5.74) is 0.599. The maximum absolute atomic E-state index is 12.3. The van der Waals surface area contributed by atoms with Crippen molar-refractivity contribution < 1.29 is 14.3 Å². The van der Waals surface area contributed by atoms with E-state index in [1.807, 2.05) is 36.4 Å². The third kappa shape index (κ3) is 3.08. The first-order valence-electron chi connectivity index (χ1n) is 8.86. The Bertz CT molecular complexity index is 780. The van der Waals surface area contributed by atoms with E-state index < -0.39 is 0 Å². The number of Topliss-reactive ketones (excluding diaryl/α,β-unsaturated/α-hetero) is 1. The van der Waals surface area contributed by atoms with E-state index in [0.717, 1.165) is 16.7 Å². The van der Waals surface area contributed by atoms with Gasteiger partial charge in [0.05, 0.1) is 0 Å². The molecule has 0 aromatic heterocycles. The SMILES string of the molecule is O=C(CC1CC2CCC1C2)OCC(=O)c1ccc2ccccc2c1. The van der Waals surface area contributed by atoms with Gasteiger partial charge in [0, 0.05) is 12.0 Å². The van der Waals surface area contributed by atoms with Gasteiger partial charge in [0.25, 0.3) is 0 Å². The van der Waals surface area contributed by atoms with Crippen molar-refractivity contribution in [3.8, 4) is 0 Å². The monoisotopic (exact) mass is 322 g/mol. The summed E-state index contributed by atoms with van der Waals surface area (Å²) in [7, 11) is 0. The van der Waals surface area contributed by atoms with Crippen LogP contribution in [0, 0.1) is 17.8 Å². The molecule has 3 heteroatoms. The van der Waals surface area contributed by atoms with E-state index in [2.05, 4.69) is 0 Å². The van der Waals surface area contributed by atoms with Gasteiger partial charge in [0.15, 0.2) is 12.4 Å². The van der Waals surface area contributed by atoms with Crippen molar-refractivity contribution in [3.05, 3.63) is 48.0 Å². The van der Waals surface area contributed by atoms with E-state index in [9.17, 15) is 9.59 Å². The van der Waals surface area contributed by atoms with Crippen LogP contribution >= 0.6 is 0 Å². The lowest BCUT2D eigenvalue weighted by molar-refractivity contribution is -0.144. The number of hydrogen-bond donors (Lipinski definition) is 0. The first kappa shape index (κ1) is 15.4. The fraction of sp³-hybridized carbons (Fsp3) is 0.429. The van der Waals surface area contributed by atoms with Crippen molar-refractivity contribution in [1.82, 2.24) is 0 Å². The third-order valence-corrected chi connectivity index (χ3v) is 5.75. The maximum atomic E-state index is 12.3. The summed E-state index contributed by atoms with van der Waals surface area (Å²) in [6.07, 6.45) is 5.52. The molecule has 0 spiro atoms. The van der Waals surface area contributed by atoms with Crippen LogP contribution in [0.25, 0.3) is 10.8 Å². The Labute approximate surface area is 142 Å². The van der Waals surface area contributed by atoms with E-state index >= 15 is 0 Å². The van der Waals surface area contributed by atoms with Gasteiger partial charge in [0.1, 0.15) is 0 Å². The first-order valence-corrected chi connectivity index (χ1v) is 8.86. The third-order valence-electron chi connectivity index (χ3n) is 5.75. The van der Waals surface area contributed by atoms with Gasteiger partial charge < -0.3 is 4.74 Å². The van der Waals surface area contributed by atoms with Crippen LogP contribution in [0.1, 0.15) is 42.5 Å². The lowest BCUT2D eigenvalue weighted by Crippen LogP contribution is -2.19. The van der Waals surface area contributed by atoms with Crippen molar-refractivity contribution in [3.63, 3.8) is 0 Å². The Morgan fingerprint density at radius 2 is 1.83 bits per heavy atom. The number of hydrogen-bond acceptors (Lipinski definition) is 3. The molecule has 2 aliphatic carbocycles. The Morgan fingerprint density at radius 3 is 2.58 bits per heavy atom. The van der Waals surface area contributed by atoms with Gasteiger partial charge in [-0.2, -0.15) is 0 Å². The number of ketones is 1. The highest BCUT2D eigenvalue weighted by atomic mass is 16.5. The summed E-state index contributed by atoms with van der Waals surface area (Å²) in [6, 6.07) is 13.5. The lowest BCUT2D eigenvalue weighted by Gasteiger charge is -2.20. The van der Waals surface area contributed by atoms with Crippen molar-refractivity contribution in [2.24, 2.45) is 17.8 Å². The second kappa shape index (κ2) is 6.39. The Balaban J connectivity index is 1.32. The van der Waals surface area contributed by atoms with E-state index in [4.69, 9.17) is 4.74 Å². The minimum absolute atomic E-state index is 0.137. The van der Waals surface area contributed by atoms with Crippen LogP contribution in [0.5, 0.6) is 0 Å². The number of carbonyl (C=O) groups excluding carboxylic acids is 2. The number of rotatable bonds is 5. The summed E-state index contributed by atoms with van der Waals surface area (Å²) in [6.45, 7) is -0.155. The molecule has 2 aromatic carbocycles. The van der Waals surface area contributed by atoms with Crippen molar-refractivity contribution in [1.29, 1.82) is 0 Å². The van der Waals surface area contributed by atoms with E-state index in [0.29, 0.717) is 23.8 Å². The second-order valence-electron chi connectivity index (χ2n) is 7.28. The molecule has 0 heterocycles. The summed E-state index contributed by atoms with van der Waals surface area (Å²) in [5, 5.41) is 2.12. The number of fused-ring (bicyclic) bond motifs is 3. The fourth-order valence-electron chi connectivity index (χ4n) is 4.49. The van der Waals surface area contributed by atoms with Crippen LogP contribution in [-0.2, 0) is 9.53 Å². The van der Waals surface area contributed by atoms with Gasteiger partial charge in [-0.15, -0.1) is 0 Å². The molecule has 3 unspecified atom stereocenters. The molecule has 24 heavy (non-hydrogen) atoms. The van der Waals surface area contributed by atoms with E-state index in [1.54, 1.807) is 6.07 Å². The van der Waals surface area contributed by atoms with E-state index in [1.165, 1.54) is 25.7 Å². The zero-order valence-electron chi connectivity index (χ0n) is 13.7. The zero-order valence-corrected chi connectivity index (χ0v) is 13.7. The van der Waals surface area contributed by atoms with Gasteiger partial charge in [0.2, 0.25) is 0 Å². The molecule has 2 aliphatic rings. The molecule has 2 fully saturated rings. The van der Waals surface area contributed by atoms with E-state index in [-0.39, 0.29) is 18.4 Å². The van der Waals surface area contributed by atoms with Gasteiger partial charge in [-0.1, -0.05) is 42.8 Å². The molecule has 0 amide bonds. The molecule has 2 bridgehead atoms. The molecule has 3 atom stereocenters. The highest BCUT2D eigenvalue weighted by Crippen LogP contribution is 2.49. The van der Waals surface area contributed by atoms with Crippen LogP contribution < -0.4 is 0 Å². The normalized spacial score (nSPS) is 25.1. The zero-order chi connectivity index (χ0) is 16.5. The molecular weight excluding hydrogens is 300 g/mol. The van der Waals surface area contributed by atoms with Gasteiger partial charge in [-0.05, 0) is 53.9 Å². The Morgan fingerprint density at radius 1 is 1.00 bits per heavy atom.